The molecule has 0 radical (unpaired) electrons. The summed E-state index contributed by atoms with van der Waals surface area (Å²) in [5, 5.41) is 0. The van der Waals surface area contributed by atoms with E-state index in [2.05, 4.69) is 6.92 Å². The average molecular weight is 266 g/mol. The zero-order valence-corrected chi connectivity index (χ0v) is 11.9. The van der Waals surface area contributed by atoms with E-state index in [9.17, 15) is 4.39 Å². The van der Waals surface area contributed by atoms with Crippen molar-refractivity contribution in [2.24, 2.45) is 5.92 Å². The van der Waals surface area contributed by atoms with E-state index in [0.717, 1.165) is 12.8 Å². The first-order valence-electron chi connectivity index (χ1n) is 6.88. The van der Waals surface area contributed by atoms with Gasteiger partial charge in [0.2, 0.25) is 0 Å². The van der Waals surface area contributed by atoms with E-state index >= 15 is 0 Å². The predicted molar refractivity (Wildman–Crippen MR) is 77.2 cm³/mol. The van der Waals surface area contributed by atoms with E-state index in [1.54, 1.807) is 13.2 Å². The van der Waals surface area contributed by atoms with Crippen LogP contribution in [0.5, 0.6) is 5.75 Å². The molecule has 1 aliphatic carbocycles. The summed E-state index contributed by atoms with van der Waals surface area (Å²) in [5.41, 5.74) is 6.63. The normalized spacial score (nSPS) is 23.2. The molecule has 1 saturated carbocycles. The summed E-state index contributed by atoms with van der Waals surface area (Å²) >= 11 is 0. The molecule has 0 amide bonds. The molecule has 0 bridgehead atoms. The first-order chi connectivity index (χ1) is 9.02. The lowest BCUT2D eigenvalue weighted by Gasteiger charge is -2.36. The van der Waals surface area contributed by atoms with Crippen molar-refractivity contribution in [2.75, 3.05) is 24.8 Å². The number of anilines is 2. The van der Waals surface area contributed by atoms with Gasteiger partial charge in [0.1, 0.15) is 11.6 Å². The molecule has 2 N–H and O–H groups in total. The minimum absolute atomic E-state index is 0.279. The summed E-state index contributed by atoms with van der Waals surface area (Å²) < 4.78 is 19.3. The van der Waals surface area contributed by atoms with Gasteiger partial charge in [-0.05, 0) is 18.8 Å². The highest BCUT2D eigenvalue weighted by Crippen LogP contribution is 2.34. The maximum atomic E-state index is 14.1. The third-order valence-electron chi connectivity index (χ3n) is 4.14. The quantitative estimate of drug-likeness (QED) is 0.852. The van der Waals surface area contributed by atoms with Gasteiger partial charge in [-0.1, -0.05) is 19.8 Å². The minimum Gasteiger partial charge on any atom is -0.495 e. The summed E-state index contributed by atoms with van der Waals surface area (Å²) in [5.74, 6) is 0.964. The largest absolute Gasteiger partial charge is 0.495 e. The van der Waals surface area contributed by atoms with E-state index in [0.29, 0.717) is 29.1 Å². The van der Waals surface area contributed by atoms with Gasteiger partial charge in [0.15, 0.2) is 0 Å². The first-order valence-corrected chi connectivity index (χ1v) is 6.88. The smallest absolute Gasteiger partial charge is 0.148 e. The van der Waals surface area contributed by atoms with Gasteiger partial charge in [-0.25, -0.2) is 4.39 Å². The fourth-order valence-corrected chi connectivity index (χ4v) is 2.96. The molecule has 3 nitrogen and oxygen atoms in total. The SMILES string of the molecule is COc1cc(N(C)C2CCCC(C)C2)c(F)cc1N. The summed E-state index contributed by atoms with van der Waals surface area (Å²) in [6.45, 7) is 2.26. The van der Waals surface area contributed by atoms with Crippen molar-refractivity contribution in [2.45, 2.75) is 38.6 Å². The van der Waals surface area contributed by atoms with Crippen LogP contribution in [-0.2, 0) is 0 Å². The number of nitrogen functional groups attached to an aromatic ring is 1. The van der Waals surface area contributed by atoms with E-state index in [-0.39, 0.29) is 5.82 Å². The molecule has 1 aromatic rings. The molecule has 0 aromatic heterocycles. The first kappa shape index (κ1) is 14.0. The molecule has 106 valence electrons. The highest BCUT2D eigenvalue weighted by atomic mass is 19.1. The molecule has 0 spiro atoms. The predicted octanol–water partition coefficient (Wildman–Crippen LogP) is 3.43. The Morgan fingerprint density at radius 1 is 1.37 bits per heavy atom. The highest BCUT2D eigenvalue weighted by molar-refractivity contribution is 5.63. The Hall–Kier alpha value is -1.45. The van der Waals surface area contributed by atoms with Gasteiger partial charge >= 0.3 is 0 Å². The molecule has 19 heavy (non-hydrogen) atoms. The maximum absolute atomic E-state index is 14.1. The third kappa shape index (κ3) is 2.94. The van der Waals surface area contributed by atoms with Crippen LogP contribution >= 0.6 is 0 Å². The fraction of sp³-hybridized carbons (Fsp3) is 0.600. The summed E-state index contributed by atoms with van der Waals surface area (Å²) in [6, 6.07) is 3.44. The Kier molecular flexibility index (Phi) is 4.17. The number of methoxy groups -OCH3 is 1. The van der Waals surface area contributed by atoms with Crippen LogP contribution in [0.2, 0.25) is 0 Å². The number of benzene rings is 1. The Morgan fingerprint density at radius 3 is 2.74 bits per heavy atom. The molecule has 1 aliphatic rings. The number of rotatable bonds is 3. The molecule has 0 heterocycles. The lowest BCUT2D eigenvalue weighted by atomic mass is 9.86. The van der Waals surface area contributed by atoms with Gasteiger partial charge in [0.25, 0.3) is 0 Å². The number of hydrogen-bond donors (Lipinski definition) is 1. The van der Waals surface area contributed by atoms with E-state index < -0.39 is 0 Å². The van der Waals surface area contributed by atoms with Crippen LogP contribution in [-0.4, -0.2) is 20.2 Å². The molecule has 2 unspecified atom stereocenters. The summed E-state index contributed by atoms with van der Waals surface area (Å²) in [4.78, 5) is 2.03. The highest BCUT2D eigenvalue weighted by Gasteiger charge is 2.24. The van der Waals surface area contributed by atoms with Crippen LogP contribution in [0.4, 0.5) is 15.8 Å². The molecule has 2 rings (SSSR count). The van der Waals surface area contributed by atoms with Crippen LogP contribution in [0.15, 0.2) is 12.1 Å². The monoisotopic (exact) mass is 266 g/mol. The van der Waals surface area contributed by atoms with Gasteiger partial charge in [-0.2, -0.15) is 0 Å². The fourth-order valence-electron chi connectivity index (χ4n) is 2.96. The van der Waals surface area contributed by atoms with E-state index in [1.807, 2.05) is 11.9 Å². The molecular weight excluding hydrogens is 243 g/mol. The van der Waals surface area contributed by atoms with Gasteiger partial charge in [0, 0.05) is 25.2 Å². The van der Waals surface area contributed by atoms with Gasteiger partial charge in [0.05, 0.1) is 18.5 Å². The molecular formula is C15H23FN2O. The number of nitrogens with zero attached hydrogens (tertiary/aromatic N) is 1. The van der Waals surface area contributed by atoms with Crippen LogP contribution in [0.1, 0.15) is 32.6 Å². The van der Waals surface area contributed by atoms with Crippen LogP contribution in [0.3, 0.4) is 0 Å². The molecule has 1 aromatic carbocycles. The average Bonchev–Trinajstić information content (AvgIpc) is 2.38. The summed E-state index contributed by atoms with van der Waals surface area (Å²) in [6.07, 6.45) is 4.72. The molecule has 1 fully saturated rings. The van der Waals surface area contributed by atoms with E-state index in [4.69, 9.17) is 10.5 Å². The second kappa shape index (κ2) is 5.68. The zero-order chi connectivity index (χ0) is 14.0. The van der Waals surface area contributed by atoms with Crippen molar-refractivity contribution < 1.29 is 9.13 Å². The molecule has 4 heteroatoms. The second-order valence-corrected chi connectivity index (χ2v) is 5.58. The van der Waals surface area contributed by atoms with Crippen LogP contribution in [0, 0.1) is 11.7 Å². The number of nitrogens with two attached hydrogens (primary N) is 1. The van der Waals surface area contributed by atoms with Crippen molar-refractivity contribution in [3.63, 3.8) is 0 Å². The zero-order valence-electron chi connectivity index (χ0n) is 11.9. The lowest BCUT2D eigenvalue weighted by molar-refractivity contribution is 0.335. The molecule has 2 atom stereocenters. The van der Waals surface area contributed by atoms with Crippen molar-refractivity contribution >= 4 is 11.4 Å². The lowest BCUT2D eigenvalue weighted by Crippen LogP contribution is -2.36. The molecule has 0 aliphatic heterocycles. The van der Waals surface area contributed by atoms with Crippen molar-refractivity contribution in [1.29, 1.82) is 0 Å². The third-order valence-corrected chi connectivity index (χ3v) is 4.14. The Bertz CT molecular complexity index is 450. The topological polar surface area (TPSA) is 38.5 Å². The van der Waals surface area contributed by atoms with Crippen molar-refractivity contribution in [1.82, 2.24) is 0 Å². The number of hydrogen-bond acceptors (Lipinski definition) is 3. The van der Waals surface area contributed by atoms with Crippen LogP contribution < -0.4 is 15.4 Å². The Balaban J connectivity index is 2.25. The Morgan fingerprint density at radius 2 is 2.11 bits per heavy atom. The van der Waals surface area contributed by atoms with Crippen molar-refractivity contribution in [3.8, 4) is 5.75 Å². The summed E-state index contributed by atoms with van der Waals surface area (Å²) in [7, 11) is 3.51. The van der Waals surface area contributed by atoms with Gasteiger partial charge < -0.3 is 15.4 Å². The number of ether oxygens (including phenoxy) is 1. The maximum Gasteiger partial charge on any atom is 0.148 e. The standard InChI is InChI=1S/C15H23FN2O/c1-10-5-4-6-11(7-10)18(2)14-9-15(19-3)13(17)8-12(14)16/h8-11H,4-7,17H2,1-3H3. The van der Waals surface area contributed by atoms with Gasteiger partial charge in [-0.3, -0.25) is 0 Å². The van der Waals surface area contributed by atoms with Gasteiger partial charge in [-0.15, -0.1) is 0 Å². The van der Waals surface area contributed by atoms with Crippen LogP contribution in [0.25, 0.3) is 0 Å². The Labute approximate surface area is 114 Å². The van der Waals surface area contributed by atoms with Crippen molar-refractivity contribution in [3.05, 3.63) is 17.9 Å². The molecule has 0 saturated heterocycles. The minimum atomic E-state index is -0.279. The van der Waals surface area contributed by atoms with E-state index in [1.165, 1.54) is 18.9 Å². The number of halogens is 1. The second-order valence-electron chi connectivity index (χ2n) is 5.58.